The smallest absolute Gasteiger partial charge is 0.165 e. The number of aromatic nitrogens is 3. The summed E-state index contributed by atoms with van der Waals surface area (Å²) >= 11 is 3.37. The first kappa shape index (κ1) is 12.1. The number of benzene rings is 1. The molecule has 0 bridgehead atoms. The lowest BCUT2D eigenvalue weighted by Crippen LogP contribution is -1.92. The Morgan fingerprint density at radius 3 is 2.95 bits per heavy atom. The number of ether oxygens (including phenoxy) is 1. The van der Waals surface area contributed by atoms with Crippen molar-refractivity contribution in [2.24, 2.45) is 0 Å². The summed E-state index contributed by atoms with van der Waals surface area (Å²) in [6, 6.07) is 4.75. The van der Waals surface area contributed by atoms with Crippen molar-refractivity contribution < 1.29 is 9.13 Å². The molecular weight excluding hydrogens is 313 g/mol. The van der Waals surface area contributed by atoms with Gasteiger partial charge < -0.3 is 4.74 Å². The lowest BCUT2D eigenvalue weighted by Gasteiger charge is -2.04. The minimum absolute atomic E-state index is 0.213. The standard InChI is InChI=1S/C13H9BrFN3O/c1-19-11-3-2-8(6-9(11)15)13-17-12(14)10-7-16-4-5-18(10)13/h2-7H,1H3. The molecule has 0 saturated carbocycles. The summed E-state index contributed by atoms with van der Waals surface area (Å²) in [4.78, 5) is 8.43. The van der Waals surface area contributed by atoms with E-state index in [1.165, 1.54) is 13.2 Å². The maximum absolute atomic E-state index is 13.8. The molecule has 0 aliphatic carbocycles. The van der Waals surface area contributed by atoms with E-state index in [0.717, 1.165) is 5.52 Å². The quantitative estimate of drug-likeness (QED) is 0.727. The van der Waals surface area contributed by atoms with Crippen molar-refractivity contribution >= 4 is 21.4 Å². The van der Waals surface area contributed by atoms with Gasteiger partial charge in [-0.05, 0) is 34.1 Å². The molecule has 3 rings (SSSR count). The van der Waals surface area contributed by atoms with Gasteiger partial charge in [0.1, 0.15) is 10.4 Å². The van der Waals surface area contributed by atoms with E-state index in [4.69, 9.17) is 4.74 Å². The average molecular weight is 322 g/mol. The molecule has 96 valence electrons. The Morgan fingerprint density at radius 2 is 2.21 bits per heavy atom. The Morgan fingerprint density at radius 1 is 1.37 bits per heavy atom. The molecular formula is C13H9BrFN3O. The summed E-state index contributed by atoms with van der Waals surface area (Å²) in [6.45, 7) is 0. The van der Waals surface area contributed by atoms with Gasteiger partial charge in [0.2, 0.25) is 0 Å². The van der Waals surface area contributed by atoms with Crippen LogP contribution < -0.4 is 4.74 Å². The summed E-state index contributed by atoms with van der Waals surface area (Å²) in [5, 5.41) is 0. The van der Waals surface area contributed by atoms with Gasteiger partial charge >= 0.3 is 0 Å². The Kier molecular flexibility index (Phi) is 2.94. The average Bonchev–Trinajstić information content (AvgIpc) is 2.77. The van der Waals surface area contributed by atoms with E-state index in [1.807, 2.05) is 4.40 Å². The fourth-order valence-corrected chi connectivity index (χ4v) is 2.37. The molecule has 19 heavy (non-hydrogen) atoms. The third kappa shape index (κ3) is 1.98. The van der Waals surface area contributed by atoms with Gasteiger partial charge in [-0.3, -0.25) is 9.38 Å². The Bertz CT molecular complexity index is 757. The van der Waals surface area contributed by atoms with E-state index < -0.39 is 5.82 Å². The topological polar surface area (TPSA) is 39.4 Å². The first-order valence-corrected chi connectivity index (χ1v) is 6.31. The van der Waals surface area contributed by atoms with Crippen molar-refractivity contribution in [3.8, 4) is 17.1 Å². The number of fused-ring (bicyclic) bond motifs is 1. The number of hydrogen-bond donors (Lipinski definition) is 0. The summed E-state index contributed by atoms with van der Waals surface area (Å²) < 4.78 is 21.2. The van der Waals surface area contributed by atoms with Crippen LogP contribution in [0.1, 0.15) is 0 Å². The first-order chi connectivity index (χ1) is 9.20. The highest BCUT2D eigenvalue weighted by Gasteiger charge is 2.12. The van der Waals surface area contributed by atoms with Crippen molar-refractivity contribution in [3.05, 3.63) is 47.2 Å². The van der Waals surface area contributed by atoms with E-state index in [1.54, 1.807) is 30.7 Å². The van der Waals surface area contributed by atoms with Crippen molar-refractivity contribution in [2.75, 3.05) is 7.11 Å². The predicted molar refractivity (Wildman–Crippen MR) is 72.6 cm³/mol. The van der Waals surface area contributed by atoms with Gasteiger partial charge in [0.25, 0.3) is 0 Å². The molecule has 0 atom stereocenters. The Balaban J connectivity index is 2.22. The van der Waals surface area contributed by atoms with Crippen molar-refractivity contribution in [2.45, 2.75) is 0 Å². The molecule has 0 aliphatic rings. The van der Waals surface area contributed by atoms with Gasteiger partial charge in [0.05, 0.1) is 18.8 Å². The molecule has 0 spiro atoms. The molecule has 2 heterocycles. The molecule has 0 saturated heterocycles. The minimum atomic E-state index is -0.415. The lowest BCUT2D eigenvalue weighted by atomic mass is 10.2. The minimum Gasteiger partial charge on any atom is -0.494 e. The predicted octanol–water partition coefficient (Wildman–Crippen LogP) is 3.31. The number of methoxy groups -OCH3 is 1. The van der Waals surface area contributed by atoms with Crippen LogP contribution in [0.3, 0.4) is 0 Å². The molecule has 0 radical (unpaired) electrons. The molecule has 6 heteroatoms. The molecule has 0 amide bonds. The van der Waals surface area contributed by atoms with E-state index in [2.05, 4.69) is 25.9 Å². The van der Waals surface area contributed by atoms with Crippen LogP contribution in [0, 0.1) is 5.82 Å². The summed E-state index contributed by atoms with van der Waals surface area (Å²) in [6.07, 6.45) is 5.13. The molecule has 1 aromatic carbocycles. The second kappa shape index (κ2) is 4.62. The largest absolute Gasteiger partial charge is 0.494 e. The third-order valence-corrected chi connectivity index (χ3v) is 3.40. The molecule has 0 aliphatic heterocycles. The maximum Gasteiger partial charge on any atom is 0.165 e. The van der Waals surface area contributed by atoms with Gasteiger partial charge in [-0.15, -0.1) is 0 Å². The lowest BCUT2D eigenvalue weighted by molar-refractivity contribution is 0.386. The van der Waals surface area contributed by atoms with Crippen LogP contribution in [0.2, 0.25) is 0 Å². The van der Waals surface area contributed by atoms with Gasteiger partial charge in [-0.2, -0.15) is 0 Å². The SMILES string of the molecule is COc1ccc(-c2nc(Br)c3cnccn23)cc1F. The van der Waals surface area contributed by atoms with Gasteiger partial charge in [0.15, 0.2) is 11.6 Å². The van der Waals surface area contributed by atoms with Crippen LogP contribution in [0.25, 0.3) is 16.9 Å². The summed E-state index contributed by atoms with van der Waals surface area (Å²) in [5.74, 6) is 0.443. The molecule has 4 nitrogen and oxygen atoms in total. The molecule has 2 aromatic heterocycles. The highest BCUT2D eigenvalue weighted by atomic mass is 79.9. The molecule has 0 N–H and O–H groups in total. The normalized spacial score (nSPS) is 10.9. The van der Waals surface area contributed by atoms with Gasteiger partial charge in [-0.1, -0.05) is 0 Å². The second-order valence-corrected chi connectivity index (χ2v) is 4.66. The number of imidazole rings is 1. The maximum atomic E-state index is 13.8. The van der Waals surface area contributed by atoms with Crippen molar-refractivity contribution in [1.82, 2.24) is 14.4 Å². The summed E-state index contributed by atoms with van der Waals surface area (Å²) in [7, 11) is 1.44. The van der Waals surface area contributed by atoms with Crippen LogP contribution >= 0.6 is 15.9 Å². The third-order valence-electron chi connectivity index (χ3n) is 2.81. The van der Waals surface area contributed by atoms with Crippen molar-refractivity contribution in [1.29, 1.82) is 0 Å². The summed E-state index contributed by atoms with van der Waals surface area (Å²) in [5.41, 5.74) is 1.50. The zero-order valence-corrected chi connectivity index (χ0v) is 11.6. The van der Waals surface area contributed by atoms with E-state index in [-0.39, 0.29) is 5.75 Å². The van der Waals surface area contributed by atoms with Crippen LogP contribution in [0.15, 0.2) is 41.4 Å². The van der Waals surface area contributed by atoms with Crippen LogP contribution in [0.5, 0.6) is 5.75 Å². The number of hydrogen-bond acceptors (Lipinski definition) is 3. The van der Waals surface area contributed by atoms with Crippen molar-refractivity contribution in [3.63, 3.8) is 0 Å². The molecule has 3 aromatic rings. The van der Waals surface area contributed by atoms with Crippen LogP contribution in [0.4, 0.5) is 4.39 Å². The fraction of sp³-hybridized carbons (Fsp3) is 0.0769. The zero-order valence-electron chi connectivity index (χ0n) is 9.97. The second-order valence-electron chi connectivity index (χ2n) is 3.91. The Hall–Kier alpha value is -1.95. The Labute approximate surface area is 117 Å². The zero-order chi connectivity index (χ0) is 13.4. The monoisotopic (exact) mass is 321 g/mol. The van der Waals surface area contributed by atoms with Gasteiger partial charge in [0, 0.05) is 18.0 Å². The van der Waals surface area contributed by atoms with E-state index in [0.29, 0.717) is 16.0 Å². The molecule has 0 unspecified atom stereocenters. The van der Waals surface area contributed by atoms with E-state index in [9.17, 15) is 4.39 Å². The number of nitrogens with zero attached hydrogens (tertiary/aromatic N) is 3. The highest BCUT2D eigenvalue weighted by Crippen LogP contribution is 2.28. The number of halogens is 2. The fourth-order valence-electron chi connectivity index (χ4n) is 1.91. The number of rotatable bonds is 2. The van der Waals surface area contributed by atoms with Gasteiger partial charge in [-0.25, -0.2) is 9.37 Å². The van der Waals surface area contributed by atoms with E-state index >= 15 is 0 Å². The first-order valence-electron chi connectivity index (χ1n) is 5.52. The van der Waals surface area contributed by atoms with Crippen LogP contribution in [-0.4, -0.2) is 21.5 Å². The molecule has 0 fully saturated rings. The highest BCUT2D eigenvalue weighted by molar-refractivity contribution is 9.10. The van der Waals surface area contributed by atoms with Crippen LogP contribution in [-0.2, 0) is 0 Å².